The van der Waals surface area contributed by atoms with Gasteiger partial charge in [-0.15, -0.1) is 11.3 Å². The lowest BCUT2D eigenvalue weighted by Gasteiger charge is -2.31. The van der Waals surface area contributed by atoms with Gasteiger partial charge in [0.1, 0.15) is 0 Å². The zero-order valence-corrected chi connectivity index (χ0v) is 14.2. The molecule has 6 nitrogen and oxygen atoms in total. The molecule has 3 rings (SSSR count). The van der Waals surface area contributed by atoms with Crippen molar-refractivity contribution in [1.82, 2.24) is 0 Å². The number of rotatable bonds is 4. The number of nitrogens with one attached hydrogen (secondary N) is 2. The highest BCUT2D eigenvalue weighted by Crippen LogP contribution is 2.31. The van der Waals surface area contributed by atoms with Crippen LogP contribution in [0.15, 0.2) is 35.7 Å². The standard InChI is InChI=1S/C17H19N3O3S/c1-12(21)18-13-4-5-14(19-17(22)16-3-2-10-24-16)15(11-13)20-6-8-23-9-7-20/h2-5,10-11H,6-9H2,1H3,(H,18,21)(H,19,22). The molecule has 2 heterocycles. The Hall–Kier alpha value is -2.38. The second kappa shape index (κ2) is 7.46. The first-order valence-corrected chi connectivity index (χ1v) is 8.60. The third-order valence-corrected chi connectivity index (χ3v) is 4.53. The maximum Gasteiger partial charge on any atom is 0.265 e. The molecule has 1 aromatic heterocycles. The number of benzene rings is 1. The molecule has 0 bridgehead atoms. The van der Waals surface area contributed by atoms with Gasteiger partial charge in [0.05, 0.1) is 29.5 Å². The van der Waals surface area contributed by atoms with E-state index in [0.717, 1.165) is 24.5 Å². The number of thiophene rings is 1. The summed E-state index contributed by atoms with van der Waals surface area (Å²) < 4.78 is 5.40. The fourth-order valence-corrected chi connectivity index (χ4v) is 3.19. The predicted molar refractivity (Wildman–Crippen MR) is 96.0 cm³/mol. The largest absolute Gasteiger partial charge is 0.378 e. The summed E-state index contributed by atoms with van der Waals surface area (Å²) in [4.78, 5) is 26.5. The summed E-state index contributed by atoms with van der Waals surface area (Å²) in [6, 6.07) is 9.14. The SMILES string of the molecule is CC(=O)Nc1ccc(NC(=O)c2cccs2)c(N2CCOCC2)c1. The summed E-state index contributed by atoms with van der Waals surface area (Å²) >= 11 is 1.40. The molecule has 0 aliphatic carbocycles. The van der Waals surface area contributed by atoms with Crippen molar-refractivity contribution in [2.75, 3.05) is 41.8 Å². The van der Waals surface area contributed by atoms with Gasteiger partial charge >= 0.3 is 0 Å². The third-order valence-electron chi connectivity index (χ3n) is 3.66. The minimum Gasteiger partial charge on any atom is -0.378 e. The minimum absolute atomic E-state index is 0.127. The van der Waals surface area contributed by atoms with Crippen LogP contribution in [0.3, 0.4) is 0 Å². The van der Waals surface area contributed by atoms with Gasteiger partial charge in [-0.25, -0.2) is 0 Å². The van der Waals surface area contributed by atoms with E-state index in [1.165, 1.54) is 18.3 Å². The number of hydrogen-bond donors (Lipinski definition) is 2. The number of morpholine rings is 1. The quantitative estimate of drug-likeness (QED) is 0.894. The van der Waals surface area contributed by atoms with Crippen LogP contribution in [0.2, 0.25) is 0 Å². The van der Waals surface area contributed by atoms with Gasteiger partial charge in [0, 0.05) is 25.7 Å². The van der Waals surface area contributed by atoms with E-state index >= 15 is 0 Å². The van der Waals surface area contributed by atoms with Gasteiger partial charge in [-0.3, -0.25) is 9.59 Å². The molecule has 24 heavy (non-hydrogen) atoms. The molecule has 0 atom stereocenters. The molecule has 1 aliphatic rings. The van der Waals surface area contributed by atoms with E-state index in [9.17, 15) is 9.59 Å². The van der Waals surface area contributed by atoms with Crippen LogP contribution in [-0.2, 0) is 9.53 Å². The summed E-state index contributed by atoms with van der Waals surface area (Å²) in [6.45, 7) is 4.24. The van der Waals surface area contributed by atoms with E-state index < -0.39 is 0 Å². The van der Waals surface area contributed by atoms with Gasteiger partial charge in [0.25, 0.3) is 5.91 Å². The van der Waals surface area contributed by atoms with Gasteiger partial charge in [-0.2, -0.15) is 0 Å². The Morgan fingerprint density at radius 2 is 1.96 bits per heavy atom. The number of nitrogens with zero attached hydrogens (tertiary/aromatic N) is 1. The minimum atomic E-state index is -0.133. The summed E-state index contributed by atoms with van der Waals surface area (Å²) in [6.07, 6.45) is 0. The third kappa shape index (κ3) is 3.93. The number of ether oxygens (including phenoxy) is 1. The van der Waals surface area contributed by atoms with Crippen molar-refractivity contribution in [3.05, 3.63) is 40.6 Å². The van der Waals surface area contributed by atoms with Crippen LogP contribution in [0, 0.1) is 0 Å². The van der Waals surface area contributed by atoms with Crippen LogP contribution < -0.4 is 15.5 Å². The predicted octanol–water partition coefficient (Wildman–Crippen LogP) is 2.80. The molecular weight excluding hydrogens is 326 g/mol. The van der Waals surface area contributed by atoms with Crippen molar-refractivity contribution in [1.29, 1.82) is 0 Å². The van der Waals surface area contributed by atoms with E-state index in [0.29, 0.717) is 23.8 Å². The number of anilines is 3. The average molecular weight is 345 g/mol. The van der Waals surface area contributed by atoms with Crippen molar-refractivity contribution >= 4 is 40.2 Å². The second-order valence-corrected chi connectivity index (χ2v) is 6.39. The molecule has 1 fully saturated rings. The first-order chi connectivity index (χ1) is 11.6. The topological polar surface area (TPSA) is 70.7 Å². The van der Waals surface area contributed by atoms with Gasteiger partial charge in [-0.05, 0) is 29.6 Å². The van der Waals surface area contributed by atoms with Crippen LogP contribution in [-0.4, -0.2) is 38.1 Å². The zero-order valence-electron chi connectivity index (χ0n) is 13.4. The molecule has 2 amide bonds. The summed E-state index contributed by atoms with van der Waals surface area (Å²) in [5, 5.41) is 7.62. The fourth-order valence-electron chi connectivity index (χ4n) is 2.58. The zero-order chi connectivity index (χ0) is 16.9. The summed E-state index contributed by atoms with van der Waals surface area (Å²) in [5.74, 6) is -0.259. The molecule has 126 valence electrons. The lowest BCUT2D eigenvalue weighted by Crippen LogP contribution is -2.36. The van der Waals surface area contributed by atoms with Crippen LogP contribution in [0.25, 0.3) is 0 Å². The highest BCUT2D eigenvalue weighted by Gasteiger charge is 2.18. The highest BCUT2D eigenvalue weighted by molar-refractivity contribution is 7.12. The van der Waals surface area contributed by atoms with Crippen molar-refractivity contribution in [3.8, 4) is 0 Å². The summed E-state index contributed by atoms with van der Waals surface area (Å²) in [5.41, 5.74) is 2.32. The van der Waals surface area contributed by atoms with Crippen LogP contribution >= 0.6 is 11.3 Å². The second-order valence-electron chi connectivity index (χ2n) is 5.44. The van der Waals surface area contributed by atoms with Gasteiger partial charge in [0.15, 0.2) is 0 Å². The van der Waals surface area contributed by atoms with Crippen LogP contribution in [0.5, 0.6) is 0 Å². The van der Waals surface area contributed by atoms with E-state index in [1.807, 2.05) is 23.6 Å². The number of hydrogen-bond acceptors (Lipinski definition) is 5. The van der Waals surface area contributed by atoms with E-state index in [2.05, 4.69) is 15.5 Å². The first kappa shape index (κ1) is 16.5. The first-order valence-electron chi connectivity index (χ1n) is 7.72. The Balaban J connectivity index is 1.88. The number of amides is 2. The molecule has 0 unspecified atom stereocenters. The molecule has 1 aromatic carbocycles. The molecule has 0 radical (unpaired) electrons. The van der Waals surface area contributed by atoms with E-state index in [4.69, 9.17) is 4.74 Å². The van der Waals surface area contributed by atoms with Crippen LogP contribution in [0.4, 0.5) is 17.1 Å². The van der Waals surface area contributed by atoms with E-state index in [-0.39, 0.29) is 11.8 Å². The van der Waals surface area contributed by atoms with Gasteiger partial charge in [-0.1, -0.05) is 6.07 Å². The molecular formula is C17H19N3O3S. The Morgan fingerprint density at radius 1 is 1.17 bits per heavy atom. The maximum absolute atomic E-state index is 12.4. The molecule has 2 aromatic rings. The van der Waals surface area contributed by atoms with Crippen molar-refractivity contribution in [2.45, 2.75) is 6.92 Å². The lowest BCUT2D eigenvalue weighted by molar-refractivity contribution is -0.114. The Kier molecular flexibility index (Phi) is 5.12. The van der Waals surface area contributed by atoms with Crippen molar-refractivity contribution in [2.24, 2.45) is 0 Å². The molecule has 0 spiro atoms. The van der Waals surface area contributed by atoms with Gasteiger partial charge < -0.3 is 20.3 Å². The highest BCUT2D eigenvalue weighted by atomic mass is 32.1. The molecule has 7 heteroatoms. The molecule has 0 saturated carbocycles. The average Bonchev–Trinajstić information content (AvgIpc) is 3.11. The van der Waals surface area contributed by atoms with E-state index in [1.54, 1.807) is 12.1 Å². The normalized spacial score (nSPS) is 14.3. The maximum atomic E-state index is 12.4. The Labute approximate surface area is 144 Å². The van der Waals surface area contributed by atoms with Crippen molar-refractivity contribution in [3.63, 3.8) is 0 Å². The Bertz CT molecular complexity index is 725. The smallest absolute Gasteiger partial charge is 0.265 e. The summed E-state index contributed by atoms with van der Waals surface area (Å²) in [7, 11) is 0. The molecule has 2 N–H and O–H groups in total. The van der Waals surface area contributed by atoms with Crippen LogP contribution in [0.1, 0.15) is 16.6 Å². The van der Waals surface area contributed by atoms with Crippen molar-refractivity contribution < 1.29 is 14.3 Å². The fraction of sp³-hybridized carbons (Fsp3) is 0.294. The van der Waals surface area contributed by atoms with Gasteiger partial charge in [0.2, 0.25) is 5.91 Å². The monoisotopic (exact) mass is 345 g/mol. The Morgan fingerprint density at radius 3 is 2.62 bits per heavy atom. The number of carbonyl (C=O) groups is 2. The molecule has 1 aliphatic heterocycles. The number of carbonyl (C=O) groups excluding carboxylic acids is 2. The lowest BCUT2D eigenvalue weighted by atomic mass is 10.2. The molecule has 1 saturated heterocycles.